The highest BCUT2D eigenvalue weighted by Crippen LogP contribution is 2.29. The third-order valence-corrected chi connectivity index (χ3v) is 3.89. The molecule has 82 valence electrons. The predicted molar refractivity (Wildman–Crippen MR) is 63.9 cm³/mol. The van der Waals surface area contributed by atoms with Crippen LogP contribution in [0.4, 0.5) is 4.39 Å². The molecule has 4 heteroatoms. The van der Waals surface area contributed by atoms with Gasteiger partial charge in [0.1, 0.15) is 5.82 Å². The molecule has 0 atom stereocenters. The summed E-state index contributed by atoms with van der Waals surface area (Å²) in [7, 11) is 0. The number of hydrogen-bond acceptors (Lipinski definition) is 2. The minimum absolute atomic E-state index is 0.234. The normalized spacial score (nSPS) is 10.4. The van der Waals surface area contributed by atoms with Gasteiger partial charge in [-0.25, -0.2) is 4.39 Å². The summed E-state index contributed by atoms with van der Waals surface area (Å²) in [4.78, 5) is 12.5. The number of halogens is 2. The Hall–Kier alpha value is -1.19. The first kappa shape index (κ1) is 11.3. The number of hydrogen-bond donors (Lipinski definition) is 0. The second kappa shape index (κ2) is 4.36. The number of thiophene rings is 1. The van der Waals surface area contributed by atoms with Crippen molar-refractivity contribution >= 4 is 28.7 Å². The first-order valence-corrected chi connectivity index (χ1v) is 5.89. The van der Waals surface area contributed by atoms with Crippen molar-refractivity contribution in [3.8, 4) is 0 Å². The lowest BCUT2D eigenvalue weighted by molar-refractivity contribution is 0.104. The van der Waals surface area contributed by atoms with Crippen LogP contribution in [0.3, 0.4) is 0 Å². The molecule has 0 saturated carbocycles. The quantitative estimate of drug-likeness (QED) is 0.738. The van der Waals surface area contributed by atoms with E-state index in [1.165, 1.54) is 29.5 Å². The van der Waals surface area contributed by atoms with Gasteiger partial charge < -0.3 is 0 Å². The van der Waals surface area contributed by atoms with Crippen LogP contribution in [0.2, 0.25) is 5.02 Å². The summed E-state index contributed by atoms with van der Waals surface area (Å²) in [5, 5.41) is 2.27. The van der Waals surface area contributed by atoms with Gasteiger partial charge in [-0.2, -0.15) is 0 Å². The van der Waals surface area contributed by atoms with Crippen molar-refractivity contribution < 1.29 is 9.18 Å². The summed E-state index contributed by atoms with van der Waals surface area (Å²) in [5.74, 6) is -0.655. The zero-order valence-corrected chi connectivity index (χ0v) is 10.0. The molecule has 0 aliphatic heterocycles. The van der Waals surface area contributed by atoms with Crippen LogP contribution < -0.4 is 0 Å². The van der Waals surface area contributed by atoms with Gasteiger partial charge in [-0.1, -0.05) is 23.7 Å². The molecule has 0 N–H and O–H groups in total. The van der Waals surface area contributed by atoms with Gasteiger partial charge in [-0.15, -0.1) is 11.3 Å². The lowest BCUT2D eigenvalue weighted by Crippen LogP contribution is -1.99. The second-order valence-corrected chi connectivity index (χ2v) is 4.66. The average molecular weight is 255 g/mol. The van der Waals surface area contributed by atoms with Crippen molar-refractivity contribution in [1.29, 1.82) is 0 Å². The van der Waals surface area contributed by atoms with E-state index in [0.717, 1.165) is 5.56 Å². The molecule has 2 aromatic rings. The molecule has 0 spiro atoms. The maximum absolute atomic E-state index is 13.0. The molecule has 0 radical (unpaired) electrons. The SMILES string of the molecule is Cc1csc(C(=O)c2cccc(F)c2)c1Cl. The fraction of sp³-hybridized carbons (Fsp3) is 0.0833. The molecule has 16 heavy (non-hydrogen) atoms. The minimum Gasteiger partial charge on any atom is -0.288 e. The lowest BCUT2D eigenvalue weighted by atomic mass is 10.1. The van der Waals surface area contributed by atoms with Gasteiger partial charge in [0.2, 0.25) is 5.78 Å². The Morgan fingerprint density at radius 1 is 1.44 bits per heavy atom. The third kappa shape index (κ3) is 2.01. The molecular formula is C12H8ClFOS. The Morgan fingerprint density at radius 2 is 2.19 bits per heavy atom. The summed E-state index contributed by atoms with van der Waals surface area (Å²) in [6, 6.07) is 5.61. The molecule has 0 saturated heterocycles. The van der Waals surface area contributed by atoms with Crippen molar-refractivity contribution in [2.24, 2.45) is 0 Å². The Labute approximate surface area is 101 Å². The maximum Gasteiger partial charge on any atom is 0.204 e. The molecule has 0 unspecified atom stereocenters. The van der Waals surface area contributed by atoms with E-state index >= 15 is 0 Å². The van der Waals surface area contributed by atoms with Gasteiger partial charge >= 0.3 is 0 Å². The van der Waals surface area contributed by atoms with Crippen LogP contribution in [-0.4, -0.2) is 5.78 Å². The molecule has 0 amide bonds. The Bertz CT molecular complexity index is 548. The summed E-state index contributed by atoms with van der Waals surface area (Å²) in [6.45, 7) is 1.83. The monoisotopic (exact) mass is 254 g/mol. The summed E-state index contributed by atoms with van der Waals surface area (Å²) < 4.78 is 13.0. The van der Waals surface area contributed by atoms with Gasteiger partial charge in [0.25, 0.3) is 0 Å². The van der Waals surface area contributed by atoms with Crippen LogP contribution in [0.5, 0.6) is 0 Å². The van der Waals surface area contributed by atoms with Crippen LogP contribution in [0, 0.1) is 12.7 Å². The minimum atomic E-state index is -0.421. The van der Waals surface area contributed by atoms with E-state index in [1.807, 2.05) is 12.3 Å². The van der Waals surface area contributed by atoms with Crippen molar-refractivity contribution in [3.05, 3.63) is 56.5 Å². The fourth-order valence-corrected chi connectivity index (χ4v) is 2.58. The smallest absolute Gasteiger partial charge is 0.204 e. The standard InChI is InChI=1S/C12H8ClFOS/c1-7-6-16-12(10(7)13)11(15)8-3-2-4-9(14)5-8/h2-6H,1H3. The highest BCUT2D eigenvalue weighted by atomic mass is 35.5. The van der Waals surface area contributed by atoms with E-state index in [2.05, 4.69) is 0 Å². The van der Waals surface area contributed by atoms with Crippen molar-refractivity contribution in [3.63, 3.8) is 0 Å². The molecular weight excluding hydrogens is 247 g/mol. The van der Waals surface area contributed by atoms with Gasteiger partial charge in [0.15, 0.2) is 0 Å². The zero-order valence-electron chi connectivity index (χ0n) is 8.46. The number of carbonyl (C=O) groups excluding carboxylic acids is 1. The molecule has 1 aromatic heterocycles. The van der Waals surface area contributed by atoms with E-state index in [4.69, 9.17) is 11.6 Å². The van der Waals surface area contributed by atoms with Crippen LogP contribution in [0.1, 0.15) is 20.8 Å². The van der Waals surface area contributed by atoms with Crippen molar-refractivity contribution in [1.82, 2.24) is 0 Å². The van der Waals surface area contributed by atoms with Gasteiger partial charge in [-0.3, -0.25) is 4.79 Å². The second-order valence-electron chi connectivity index (χ2n) is 3.40. The van der Waals surface area contributed by atoms with Crippen LogP contribution in [-0.2, 0) is 0 Å². The maximum atomic E-state index is 13.0. The van der Waals surface area contributed by atoms with Crippen LogP contribution >= 0.6 is 22.9 Å². The topological polar surface area (TPSA) is 17.1 Å². The van der Waals surface area contributed by atoms with Crippen LogP contribution in [0.15, 0.2) is 29.6 Å². The number of rotatable bonds is 2. The Morgan fingerprint density at radius 3 is 2.75 bits per heavy atom. The molecule has 0 fully saturated rings. The van der Waals surface area contributed by atoms with E-state index < -0.39 is 5.82 Å². The fourth-order valence-electron chi connectivity index (χ4n) is 1.34. The molecule has 2 rings (SSSR count). The van der Waals surface area contributed by atoms with E-state index in [9.17, 15) is 9.18 Å². The molecule has 1 aromatic carbocycles. The molecule has 0 aliphatic carbocycles. The lowest BCUT2D eigenvalue weighted by Gasteiger charge is -1.99. The number of carbonyl (C=O) groups is 1. The van der Waals surface area contributed by atoms with E-state index in [0.29, 0.717) is 15.5 Å². The van der Waals surface area contributed by atoms with E-state index in [1.54, 1.807) is 6.07 Å². The molecule has 0 bridgehead atoms. The average Bonchev–Trinajstić information content (AvgIpc) is 2.59. The van der Waals surface area contributed by atoms with Gasteiger partial charge in [-0.05, 0) is 30.0 Å². The molecule has 1 nitrogen and oxygen atoms in total. The van der Waals surface area contributed by atoms with Crippen molar-refractivity contribution in [2.75, 3.05) is 0 Å². The number of benzene rings is 1. The Balaban J connectivity index is 2.43. The highest BCUT2D eigenvalue weighted by Gasteiger charge is 2.16. The van der Waals surface area contributed by atoms with Gasteiger partial charge in [0.05, 0.1) is 9.90 Å². The van der Waals surface area contributed by atoms with Gasteiger partial charge in [0, 0.05) is 5.56 Å². The first-order chi connectivity index (χ1) is 7.59. The summed E-state index contributed by atoms with van der Waals surface area (Å²) >= 11 is 7.27. The first-order valence-electron chi connectivity index (χ1n) is 4.63. The molecule has 1 heterocycles. The number of ketones is 1. The van der Waals surface area contributed by atoms with Crippen molar-refractivity contribution in [2.45, 2.75) is 6.92 Å². The van der Waals surface area contributed by atoms with E-state index in [-0.39, 0.29) is 5.78 Å². The summed E-state index contributed by atoms with van der Waals surface area (Å²) in [6.07, 6.45) is 0. The number of aryl methyl sites for hydroxylation is 1. The van der Waals surface area contributed by atoms with Crippen LogP contribution in [0.25, 0.3) is 0 Å². The zero-order chi connectivity index (χ0) is 11.7. The summed E-state index contributed by atoms with van der Waals surface area (Å²) in [5.41, 5.74) is 1.19. The highest BCUT2D eigenvalue weighted by molar-refractivity contribution is 7.13. The largest absolute Gasteiger partial charge is 0.288 e. The third-order valence-electron chi connectivity index (χ3n) is 2.19. The predicted octanol–water partition coefficient (Wildman–Crippen LogP) is 4.08. The molecule has 0 aliphatic rings. The Kier molecular flexibility index (Phi) is 3.08.